The Hall–Kier alpha value is -3.61. The third-order valence-corrected chi connectivity index (χ3v) is 5.29. The van der Waals surface area contributed by atoms with Crippen molar-refractivity contribution in [2.45, 2.75) is 19.8 Å². The number of carbonyl (C=O) groups excluding carboxylic acids is 3. The number of amides is 3. The summed E-state index contributed by atoms with van der Waals surface area (Å²) in [6, 6.07) is 16.6. The average Bonchev–Trinajstić information content (AvgIpc) is 3.17. The van der Waals surface area contributed by atoms with E-state index in [0.717, 1.165) is 23.7 Å². The Morgan fingerprint density at radius 3 is 2.53 bits per heavy atom. The van der Waals surface area contributed by atoms with Crippen molar-refractivity contribution in [1.29, 1.82) is 0 Å². The van der Waals surface area contributed by atoms with Gasteiger partial charge in [-0.05, 0) is 43.2 Å². The van der Waals surface area contributed by atoms with E-state index in [0.29, 0.717) is 30.2 Å². The predicted molar refractivity (Wildman–Crippen MR) is 116 cm³/mol. The first-order valence-corrected chi connectivity index (χ1v) is 10.0. The second-order valence-electron chi connectivity index (χ2n) is 7.61. The summed E-state index contributed by atoms with van der Waals surface area (Å²) in [5.41, 5.74) is 2.70. The zero-order valence-corrected chi connectivity index (χ0v) is 16.8. The normalized spacial score (nSPS) is 16.3. The Labute approximate surface area is 174 Å². The van der Waals surface area contributed by atoms with Crippen LogP contribution in [0.2, 0.25) is 0 Å². The molecule has 0 saturated carbocycles. The van der Waals surface area contributed by atoms with Gasteiger partial charge in [-0.15, -0.1) is 0 Å². The summed E-state index contributed by atoms with van der Waals surface area (Å²) in [6.07, 6.45) is 1.50. The van der Waals surface area contributed by atoms with E-state index in [1.54, 1.807) is 29.2 Å². The molecule has 7 nitrogen and oxygen atoms in total. The van der Waals surface area contributed by atoms with Gasteiger partial charge in [-0.1, -0.05) is 24.3 Å². The fourth-order valence-electron chi connectivity index (χ4n) is 3.86. The molecular weight excluding hydrogens is 380 g/mol. The van der Waals surface area contributed by atoms with Gasteiger partial charge in [-0.2, -0.15) is 0 Å². The number of benzene rings is 2. The van der Waals surface area contributed by atoms with Gasteiger partial charge in [-0.3, -0.25) is 14.4 Å². The van der Waals surface area contributed by atoms with Gasteiger partial charge in [0, 0.05) is 42.3 Å². The minimum Gasteiger partial charge on any atom is -0.351 e. The van der Waals surface area contributed by atoms with Crippen molar-refractivity contribution in [3.8, 4) is 0 Å². The number of nitrogens with zero attached hydrogens (tertiary/aromatic N) is 1. The van der Waals surface area contributed by atoms with Crippen molar-refractivity contribution in [3.05, 3.63) is 60.3 Å². The largest absolute Gasteiger partial charge is 0.351 e. The number of H-pyrrole nitrogens is 1. The molecule has 30 heavy (non-hydrogen) atoms. The van der Waals surface area contributed by atoms with Crippen LogP contribution in [0.3, 0.4) is 0 Å². The molecule has 1 aromatic heterocycles. The molecule has 0 spiro atoms. The highest BCUT2D eigenvalue weighted by molar-refractivity contribution is 5.99. The van der Waals surface area contributed by atoms with E-state index in [2.05, 4.69) is 15.6 Å². The van der Waals surface area contributed by atoms with Crippen LogP contribution in [-0.2, 0) is 9.59 Å². The lowest BCUT2D eigenvalue weighted by molar-refractivity contribution is -0.121. The number of hydrogen-bond acceptors (Lipinski definition) is 3. The van der Waals surface area contributed by atoms with Crippen molar-refractivity contribution >= 4 is 40.0 Å². The molecule has 7 heteroatoms. The molecule has 0 aliphatic carbocycles. The molecule has 4 rings (SSSR count). The molecule has 2 heterocycles. The first kappa shape index (κ1) is 19.7. The van der Waals surface area contributed by atoms with Crippen LogP contribution in [0.4, 0.5) is 11.4 Å². The molecule has 3 amide bonds. The van der Waals surface area contributed by atoms with Gasteiger partial charge in [0.05, 0.1) is 5.92 Å². The number of rotatable bonds is 4. The lowest BCUT2D eigenvalue weighted by atomic mass is 9.96. The highest BCUT2D eigenvalue weighted by Crippen LogP contribution is 2.23. The van der Waals surface area contributed by atoms with Gasteiger partial charge >= 0.3 is 0 Å². The Bertz CT molecular complexity index is 1070. The summed E-state index contributed by atoms with van der Waals surface area (Å²) >= 11 is 0. The standard InChI is InChI=1S/C23H24N4O3/c1-15(28)24-18-8-4-9-19(13-18)25-22(29)17-7-5-11-27(14-17)23(30)21-12-16-6-2-3-10-20(16)26-21/h2-4,6,8-10,12-13,17,26H,5,7,11,14H2,1H3,(H,24,28)(H,25,29). The van der Waals surface area contributed by atoms with Gasteiger partial charge < -0.3 is 20.5 Å². The third kappa shape index (κ3) is 4.35. The molecule has 1 aliphatic rings. The minimum atomic E-state index is -0.281. The van der Waals surface area contributed by atoms with E-state index in [1.165, 1.54) is 6.92 Å². The Balaban J connectivity index is 1.42. The maximum atomic E-state index is 13.0. The summed E-state index contributed by atoms with van der Waals surface area (Å²) in [4.78, 5) is 41.9. The Morgan fingerprint density at radius 2 is 1.77 bits per heavy atom. The lowest BCUT2D eigenvalue weighted by Crippen LogP contribution is -2.43. The van der Waals surface area contributed by atoms with Gasteiger partial charge in [0.2, 0.25) is 11.8 Å². The van der Waals surface area contributed by atoms with E-state index in [9.17, 15) is 14.4 Å². The van der Waals surface area contributed by atoms with E-state index in [4.69, 9.17) is 0 Å². The minimum absolute atomic E-state index is 0.0867. The maximum absolute atomic E-state index is 13.0. The van der Waals surface area contributed by atoms with Crippen LogP contribution >= 0.6 is 0 Å². The molecule has 1 unspecified atom stereocenters. The number of likely N-dealkylation sites (tertiary alicyclic amines) is 1. The van der Waals surface area contributed by atoms with Crippen LogP contribution in [0, 0.1) is 5.92 Å². The van der Waals surface area contributed by atoms with Crippen LogP contribution in [0.1, 0.15) is 30.3 Å². The third-order valence-electron chi connectivity index (χ3n) is 5.29. The van der Waals surface area contributed by atoms with Crippen LogP contribution < -0.4 is 10.6 Å². The summed E-state index contributed by atoms with van der Waals surface area (Å²) in [5.74, 6) is -0.658. The number of para-hydroxylation sites is 1. The summed E-state index contributed by atoms with van der Waals surface area (Å²) in [6.45, 7) is 2.45. The highest BCUT2D eigenvalue weighted by atomic mass is 16.2. The molecule has 0 bridgehead atoms. The summed E-state index contributed by atoms with van der Waals surface area (Å²) in [7, 11) is 0. The average molecular weight is 404 g/mol. The predicted octanol–water partition coefficient (Wildman–Crippen LogP) is 3.62. The van der Waals surface area contributed by atoms with E-state index in [-0.39, 0.29) is 23.6 Å². The lowest BCUT2D eigenvalue weighted by Gasteiger charge is -2.31. The SMILES string of the molecule is CC(=O)Nc1cccc(NC(=O)C2CCCN(C(=O)c3cc4ccccc4[nH]3)C2)c1. The zero-order chi connectivity index (χ0) is 21.1. The van der Waals surface area contributed by atoms with Gasteiger partial charge in [0.15, 0.2) is 0 Å². The fraction of sp³-hybridized carbons (Fsp3) is 0.261. The summed E-state index contributed by atoms with van der Waals surface area (Å²) < 4.78 is 0. The van der Waals surface area contributed by atoms with Crippen molar-refractivity contribution < 1.29 is 14.4 Å². The molecule has 1 aliphatic heterocycles. The van der Waals surface area contributed by atoms with Gasteiger partial charge in [0.1, 0.15) is 5.69 Å². The molecule has 1 atom stereocenters. The maximum Gasteiger partial charge on any atom is 0.270 e. The highest BCUT2D eigenvalue weighted by Gasteiger charge is 2.29. The first-order valence-electron chi connectivity index (χ1n) is 10.0. The molecule has 154 valence electrons. The number of aromatic nitrogens is 1. The van der Waals surface area contributed by atoms with Crippen molar-refractivity contribution in [2.24, 2.45) is 5.92 Å². The zero-order valence-electron chi connectivity index (χ0n) is 16.8. The van der Waals surface area contributed by atoms with Gasteiger partial charge in [-0.25, -0.2) is 0 Å². The number of nitrogens with one attached hydrogen (secondary N) is 3. The number of carbonyl (C=O) groups is 3. The summed E-state index contributed by atoms with van der Waals surface area (Å²) in [5, 5.41) is 6.60. The molecular formula is C23H24N4O3. The molecule has 1 saturated heterocycles. The van der Waals surface area contributed by atoms with Crippen molar-refractivity contribution in [2.75, 3.05) is 23.7 Å². The van der Waals surface area contributed by atoms with Crippen LogP contribution in [0.5, 0.6) is 0 Å². The van der Waals surface area contributed by atoms with Crippen LogP contribution in [0.15, 0.2) is 54.6 Å². The molecule has 3 aromatic rings. The Kier molecular flexibility index (Phi) is 5.52. The van der Waals surface area contributed by atoms with Crippen molar-refractivity contribution in [3.63, 3.8) is 0 Å². The number of piperidine rings is 1. The van der Waals surface area contributed by atoms with E-state index < -0.39 is 0 Å². The van der Waals surface area contributed by atoms with Crippen LogP contribution in [0.25, 0.3) is 10.9 Å². The number of fused-ring (bicyclic) bond motifs is 1. The molecule has 2 aromatic carbocycles. The van der Waals surface area contributed by atoms with Gasteiger partial charge in [0.25, 0.3) is 5.91 Å². The van der Waals surface area contributed by atoms with E-state index in [1.807, 2.05) is 30.3 Å². The molecule has 3 N–H and O–H groups in total. The quantitative estimate of drug-likeness (QED) is 0.620. The second-order valence-corrected chi connectivity index (χ2v) is 7.61. The smallest absolute Gasteiger partial charge is 0.270 e. The topological polar surface area (TPSA) is 94.3 Å². The second kappa shape index (κ2) is 8.41. The fourth-order valence-corrected chi connectivity index (χ4v) is 3.86. The number of anilines is 2. The molecule has 0 radical (unpaired) electrons. The van der Waals surface area contributed by atoms with Crippen molar-refractivity contribution in [1.82, 2.24) is 9.88 Å². The number of aromatic amines is 1. The van der Waals surface area contributed by atoms with Crippen LogP contribution in [-0.4, -0.2) is 40.7 Å². The molecule has 1 fully saturated rings. The monoisotopic (exact) mass is 404 g/mol. The van der Waals surface area contributed by atoms with E-state index >= 15 is 0 Å². The Morgan fingerprint density at radius 1 is 1.00 bits per heavy atom. The first-order chi connectivity index (χ1) is 14.5. The number of hydrogen-bond donors (Lipinski definition) is 3.